The predicted octanol–water partition coefficient (Wildman–Crippen LogP) is 5.31. The van der Waals surface area contributed by atoms with Gasteiger partial charge in [-0.15, -0.1) is 0 Å². The quantitative estimate of drug-likeness (QED) is 0.415. The first-order chi connectivity index (χ1) is 16.5. The normalized spacial score (nSPS) is 16.3. The Morgan fingerprint density at radius 2 is 1.76 bits per heavy atom. The van der Waals surface area contributed by atoms with Crippen LogP contribution in [0.3, 0.4) is 0 Å². The average Bonchev–Trinajstić information content (AvgIpc) is 3.41. The van der Waals surface area contributed by atoms with Crippen LogP contribution in [-0.2, 0) is 11.2 Å². The van der Waals surface area contributed by atoms with Crippen molar-refractivity contribution in [2.75, 3.05) is 26.2 Å². The number of aryl methyl sites for hydroxylation is 1. The first-order valence-corrected chi connectivity index (χ1v) is 12.1. The minimum Gasteiger partial charge on any atom is -0.503 e. The largest absolute Gasteiger partial charge is 0.503 e. The molecule has 1 aliphatic heterocycles. The number of nitrogens with zero attached hydrogens (tertiary/aromatic N) is 2. The number of rotatable bonds is 10. The van der Waals surface area contributed by atoms with Gasteiger partial charge in [0.1, 0.15) is 5.58 Å². The summed E-state index contributed by atoms with van der Waals surface area (Å²) < 4.78 is 5.79. The highest BCUT2D eigenvalue weighted by atomic mass is 16.3. The molecule has 4 rings (SSSR count). The van der Waals surface area contributed by atoms with Crippen LogP contribution in [-0.4, -0.2) is 52.8 Å². The molecule has 0 radical (unpaired) electrons. The molecular weight excluding hydrogens is 428 g/mol. The van der Waals surface area contributed by atoms with E-state index in [1.54, 1.807) is 17.0 Å². The molecule has 1 aliphatic rings. The number of ketones is 1. The SMILES string of the molecule is CCc1ccc(C2C(C(=O)c3cc4ccccc4o3)=C(O)C(=O)N2CCCN(CC)CC)cc1. The molecule has 3 aromatic rings. The second-order valence-corrected chi connectivity index (χ2v) is 8.62. The number of hydrogen-bond acceptors (Lipinski definition) is 5. The van der Waals surface area contributed by atoms with Crippen molar-refractivity contribution in [3.8, 4) is 0 Å². The fraction of sp³-hybridized carbons (Fsp3) is 0.357. The fourth-order valence-corrected chi connectivity index (χ4v) is 4.63. The summed E-state index contributed by atoms with van der Waals surface area (Å²) in [6.07, 6.45) is 1.64. The molecule has 0 saturated carbocycles. The Kier molecular flexibility index (Phi) is 7.17. The topological polar surface area (TPSA) is 74.0 Å². The summed E-state index contributed by atoms with van der Waals surface area (Å²) in [6, 6.07) is 16.3. The van der Waals surface area contributed by atoms with Gasteiger partial charge in [0.25, 0.3) is 5.91 Å². The third-order valence-electron chi connectivity index (χ3n) is 6.67. The van der Waals surface area contributed by atoms with Crippen molar-refractivity contribution in [1.82, 2.24) is 9.80 Å². The zero-order valence-corrected chi connectivity index (χ0v) is 20.1. The third kappa shape index (κ3) is 4.50. The summed E-state index contributed by atoms with van der Waals surface area (Å²) in [5, 5.41) is 11.7. The molecule has 1 N–H and O–H groups in total. The van der Waals surface area contributed by atoms with Crippen molar-refractivity contribution in [1.29, 1.82) is 0 Å². The standard InChI is InChI=1S/C28H32N2O4/c1-4-19-12-14-20(15-13-19)25-24(26(31)23-18-21-10-7-8-11-22(21)34-23)27(32)28(33)30(25)17-9-16-29(5-2)6-3/h7-8,10-15,18,25,32H,4-6,9,16-17H2,1-3H3. The molecule has 178 valence electrons. The number of amides is 1. The van der Waals surface area contributed by atoms with Gasteiger partial charge in [0.05, 0.1) is 11.6 Å². The van der Waals surface area contributed by atoms with E-state index in [1.165, 1.54) is 5.56 Å². The lowest BCUT2D eigenvalue weighted by Crippen LogP contribution is -2.34. The first kappa shape index (κ1) is 23.8. The van der Waals surface area contributed by atoms with E-state index in [0.717, 1.165) is 43.4 Å². The summed E-state index contributed by atoms with van der Waals surface area (Å²) in [5.41, 5.74) is 2.64. The van der Waals surface area contributed by atoms with Gasteiger partial charge >= 0.3 is 0 Å². The van der Waals surface area contributed by atoms with Crippen LogP contribution in [0.2, 0.25) is 0 Å². The monoisotopic (exact) mass is 460 g/mol. The van der Waals surface area contributed by atoms with Crippen LogP contribution in [0.5, 0.6) is 0 Å². The number of aliphatic hydroxyl groups excluding tert-OH is 1. The highest BCUT2D eigenvalue weighted by Crippen LogP contribution is 2.39. The number of carbonyl (C=O) groups is 2. The molecular formula is C28H32N2O4. The lowest BCUT2D eigenvalue weighted by atomic mass is 9.94. The molecule has 1 atom stereocenters. The fourth-order valence-electron chi connectivity index (χ4n) is 4.63. The van der Waals surface area contributed by atoms with Gasteiger partial charge in [-0.05, 0) is 55.7 Å². The smallest absolute Gasteiger partial charge is 0.290 e. The number of furan rings is 1. The van der Waals surface area contributed by atoms with Gasteiger partial charge in [-0.25, -0.2) is 0 Å². The van der Waals surface area contributed by atoms with Crippen molar-refractivity contribution in [2.24, 2.45) is 0 Å². The number of carbonyl (C=O) groups excluding carboxylic acids is 2. The number of para-hydroxylation sites is 1. The number of benzene rings is 2. The number of Topliss-reactive ketones (excluding diaryl/α,β-unsaturated/α-hetero) is 1. The Labute approximate surface area is 200 Å². The predicted molar refractivity (Wildman–Crippen MR) is 133 cm³/mol. The van der Waals surface area contributed by atoms with Gasteiger partial charge in [0.15, 0.2) is 11.5 Å². The molecule has 0 spiro atoms. The van der Waals surface area contributed by atoms with Crippen molar-refractivity contribution >= 4 is 22.7 Å². The second kappa shape index (κ2) is 10.3. The summed E-state index contributed by atoms with van der Waals surface area (Å²) in [5.74, 6) is -1.34. The van der Waals surface area contributed by atoms with E-state index in [-0.39, 0.29) is 11.3 Å². The maximum atomic E-state index is 13.6. The van der Waals surface area contributed by atoms with Gasteiger partial charge < -0.3 is 19.3 Å². The Hall–Kier alpha value is -3.38. The lowest BCUT2D eigenvalue weighted by Gasteiger charge is -2.28. The molecule has 1 unspecified atom stereocenters. The maximum Gasteiger partial charge on any atom is 0.290 e. The van der Waals surface area contributed by atoms with Gasteiger partial charge in [0.2, 0.25) is 5.78 Å². The molecule has 0 bridgehead atoms. The summed E-state index contributed by atoms with van der Waals surface area (Å²) in [6.45, 7) is 9.45. The van der Waals surface area contributed by atoms with Crippen LogP contribution < -0.4 is 0 Å². The van der Waals surface area contributed by atoms with E-state index >= 15 is 0 Å². The molecule has 6 nitrogen and oxygen atoms in total. The Morgan fingerprint density at radius 3 is 2.41 bits per heavy atom. The summed E-state index contributed by atoms with van der Waals surface area (Å²) in [7, 11) is 0. The molecule has 34 heavy (non-hydrogen) atoms. The van der Waals surface area contributed by atoms with Crippen molar-refractivity contribution in [2.45, 2.75) is 39.7 Å². The van der Waals surface area contributed by atoms with Crippen LogP contribution in [0.25, 0.3) is 11.0 Å². The third-order valence-corrected chi connectivity index (χ3v) is 6.67. The molecule has 2 heterocycles. The number of fused-ring (bicyclic) bond motifs is 1. The molecule has 2 aromatic carbocycles. The number of aliphatic hydroxyl groups is 1. The van der Waals surface area contributed by atoms with Gasteiger partial charge in [-0.1, -0.05) is 63.2 Å². The second-order valence-electron chi connectivity index (χ2n) is 8.62. The Morgan fingerprint density at radius 1 is 1.06 bits per heavy atom. The average molecular weight is 461 g/mol. The molecule has 6 heteroatoms. The first-order valence-electron chi connectivity index (χ1n) is 12.1. The molecule has 0 aliphatic carbocycles. The molecule has 0 saturated heterocycles. The number of hydrogen-bond donors (Lipinski definition) is 1. The molecule has 1 amide bonds. The molecule has 0 fully saturated rings. The maximum absolute atomic E-state index is 13.6. The highest BCUT2D eigenvalue weighted by Gasteiger charge is 2.44. The van der Waals surface area contributed by atoms with Crippen molar-refractivity contribution < 1.29 is 19.1 Å². The van der Waals surface area contributed by atoms with Gasteiger partial charge in [0, 0.05) is 11.9 Å². The highest BCUT2D eigenvalue weighted by molar-refractivity contribution is 6.16. The van der Waals surface area contributed by atoms with Crippen LogP contribution in [0, 0.1) is 0 Å². The summed E-state index contributed by atoms with van der Waals surface area (Å²) in [4.78, 5) is 30.7. The van der Waals surface area contributed by atoms with Crippen LogP contribution in [0.1, 0.15) is 54.9 Å². The van der Waals surface area contributed by atoms with Gasteiger partial charge in [-0.2, -0.15) is 0 Å². The van der Waals surface area contributed by atoms with E-state index in [1.807, 2.05) is 42.5 Å². The lowest BCUT2D eigenvalue weighted by molar-refractivity contribution is -0.129. The Balaban J connectivity index is 1.69. The van der Waals surface area contributed by atoms with E-state index in [4.69, 9.17) is 4.42 Å². The van der Waals surface area contributed by atoms with Gasteiger partial charge in [-0.3, -0.25) is 9.59 Å². The van der Waals surface area contributed by atoms with Crippen LogP contribution in [0.4, 0.5) is 0 Å². The van der Waals surface area contributed by atoms with E-state index in [9.17, 15) is 14.7 Å². The molecule has 1 aromatic heterocycles. The van der Waals surface area contributed by atoms with Crippen LogP contribution in [0.15, 0.2) is 70.3 Å². The van der Waals surface area contributed by atoms with Crippen LogP contribution >= 0.6 is 0 Å². The minimum absolute atomic E-state index is 0.0798. The minimum atomic E-state index is -0.657. The zero-order chi connectivity index (χ0) is 24.2. The van der Waals surface area contributed by atoms with Crippen molar-refractivity contribution in [3.63, 3.8) is 0 Å². The summed E-state index contributed by atoms with van der Waals surface area (Å²) >= 11 is 0. The van der Waals surface area contributed by atoms with Crippen molar-refractivity contribution in [3.05, 3.63) is 82.8 Å². The Bertz CT molecular complexity index is 1170. The van der Waals surface area contributed by atoms with E-state index in [0.29, 0.717) is 12.1 Å². The van der Waals surface area contributed by atoms with E-state index in [2.05, 4.69) is 25.7 Å². The zero-order valence-electron chi connectivity index (χ0n) is 20.1. The van der Waals surface area contributed by atoms with E-state index < -0.39 is 23.5 Å².